The third-order valence-electron chi connectivity index (χ3n) is 5.43. The predicted molar refractivity (Wildman–Crippen MR) is 111 cm³/mol. The summed E-state index contributed by atoms with van der Waals surface area (Å²) in [6, 6.07) is 19.9. The van der Waals surface area contributed by atoms with Gasteiger partial charge in [-0.2, -0.15) is 4.98 Å². The van der Waals surface area contributed by atoms with Gasteiger partial charge in [0, 0.05) is 25.1 Å². The van der Waals surface area contributed by atoms with Gasteiger partial charge in [0.2, 0.25) is 17.6 Å². The smallest absolute Gasteiger partial charge is 0.241 e. The molecule has 1 amide bonds. The quantitative estimate of drug-likeness (QED) is 0.643. The fourth-order valence-electron chi connectivity index (χ4n) is 3.80. The molecule has 0 N–H and O–H groups in total. The van der Waals surface area contributed by atoms with Gasteiger partial charge >= 0.3 is 0 Å². The molecular formula is C23H26N4O2. The van der Waals surface area contributed by atoms with Crippen LogP contribution in [0.15, 0.2) is 65.2 Å². The molecule has 0 aliphatic carbocycles. The minimum Gasteiger partial charge on any atom is -0.341 e. The maximum atomic E-state index is 12.8. The largest absolute Gasteiger partial charge is 0.341 e. The third-order valence-corrected chi connectivity index (χ3v) is 5.43. The summed E-state index contributed by atoms with van der Waals surface area (Å²) in [5.41, 5.74) is 2.11. The zero-order chi connectivity index (χ0) is 20.1. The Morgan fingerprint density at radius 3 is 2.41 bits per heavy atom. The summed E-state index contributed by atoms with van der Waals surface area (Å²) in [6.45, 7) is 3.00. The molecule has 0 saturated carbocycles. The molecule has 4 rings (SSSR count). The molecule has 29 heavy (non-hydrogen) atoms. The van der Waals surface area contributed by atoms with Crippen molar-refractivity contribution in [3.63, 3.8) is 0 Å². The van der Waals surface area contributed by atoms with Crippen LogP contribution in [0.2, 0.25) is 0 Å². The SMILES string of the molecule is CN(Cc1ccccc1)C(=O)C1CCN(Cc2nc(-c3ccccc3)no2)CC1. The van der Waals surface area contributed by atoms with Gasteiger partial charge in [0.1, 0.15) is 0 Å². The molecule has 2 aromatic carbocycles. The summed E-state index contributed by atoms with van der Waals surface area (Å²) in [7, 11) is 1.89. The predicted octanol–water partition coefficient (Wildman–Crippen LogP) is 3.61. The molecule has 6 nitrogen and oxygen atoms in total. The lowest BCUT2D eigenvalue weighted by Gasteiger charge is -2.32. The van der Waals surface area contributed by atoms with Gasteiger partial charge < -0.3 is 9.42 Å². The number of hydrogen-bond acceptors (Lipinski definition) is 5. The molecule has 1 fully saturated rings. The number of rotatable bonds is 6. The molecule has 3 aromatic rings. The highest BCUT2D eigenvalue weighted by molar-refractivity contribution is 5.78. The van der Waals surface area contributed by atoms with Gasteiger partial charge in [-0.25, -0.2) is 0 Å². The van der Waals surface area contributed by atoms with Crippen molar-refractivity contribution in [2.75, 3.05) is 20.1 Å². The monoisotopic (exact) mass is 390 g/mol. The van der Waals surface area contributed by atoms with E-state index in [1.807, 2.05) is 60.5 Å². The standard InChI is InChI=1S/C23H26N4O2/c1-26(16-18-8-4-2-5-9-18)23(28)20-12-14-27(15-13-20)17-21-24-22(25-29-21)19-10-6-3-7-11-19/h2-11,20H,12-17H2,1H3. The zero-order valence-corrected chi connectivity index (χ0v) is 16.7. The number of carbonyl (C=O) groups is 1. The minimum atomic E-state index is 0.0857. The molecule has 1 aliphatic rings. The first-order valence-electron chi connectivity index (χ1n) is 10.1. The molecular weight excluding hydrogens is 364 g/mol. The Kier molecular flexibility index (Phi) is 6.00. The molecule has 0 atom stereocenters. The van der Waals surface area contributed by atoms with Crippen LogP contribution in [0.4, 0.5) is 0 Å². The van der Waals surface area contributed by atoms with Crippen LogP contribution >= 0.6 is 0 Å². The van der Waals surface area contributed by atoms with Crippen LogP contribution in [-0.4, -0.2) is 46.0 Å². The summed E-state index contributed by atoms with van der Waals surface area (Å²) in [4.78, 5) is 21.4. The number of piperidine rings is 1. The summed E-state index contributed by atoms with van der Waals surface area (Å²) in [5, 5.41) is 4.08. The van der Waals surface area contributed by atoms with E-state index < -0.39 is 0 Å². The van der Waals surface area contributed by atoms with Crippen LogP contribution in [0.25, 0.3) is 11.4 Å². The van der Waals surface area contributed by atoms with Gasteiger partial charge in [0.15, 0.2) is 0 Å². The summed E-state index contributed by atoms with van der Waals surface area (Å²) in [6.07, 6.45) is 1.72. The molecule has 6 heteroatoms. The second kappa shape index (κ2) is 9.01. The highest BCUT2D eigenvalue weighted by Crippen LogP contribution is 2.22. The lowest BCUT2D eigenvalue weighted by Crippen LogP contribution is -2.40. The van der Waals surface area contributed by atoms with Crippen LogP contribution < -0.4 is 0 Å². The fourth-order valence-corrected chi connectivity index (χ4v) is 3.80. The number of nitrogens with zero attached hydrogens (tertiary/aromatic N) is 4. The normalized spacial score (nSPS) is 15.3. The highest BCUT2D eigenvalue weighted by Gasteiger charge is 2.28. The van der Waals surface area contributed by atoms with Crippen molar-refractivity contribution in [1.29, 1.82) is 0 Å². The summed E-state index contributed by atoms with van der Waals surface area (Å²) < 4.78 is 5.42. The van der Waals surface area contributed by atoms with E-state index in [1.165, 1.54) is 0 Å². The zero-order valence-electron chi connectivity index (χ0n) is 16.7. The molecule has 1 aliphatic heterocycles. The molecule has 0 unspecified atom stereocenters. The molecule has 0 radical (unpaired) electrons. The number of carbonyl (C=O) groups excluding carboxylic acids is 1. The maximum Gasteiger partial charge on any atom is 0.241 e. The van der Waals surface area contributed by atoms with Crippen LogP contribution in [0.5, 0.6) is 0 Å². The van der Waals surface area contributed by atoms with Crippen molar-refractivity contribution >= 4 is 5.91 Å². The summed E-state index contributed by atoms with van der Waals surface area (Å²) in [5.74, 6) is 1.56. The van der Waals surface area contributed by atoms with E-state index in [1.54, 1.807) is 0 Å². The Balaban J connectivity index is 1.27. The van der Waals surface area contributed by atoms with Gasteiger partial charge in [-0.15, -0.1) is 0 Å². The number of likely N-dealkylation sites (tertiary alicyclic amines) is 1. The first-order valence-corrected chi connectivity index (χ1v) is 10.1. The van der Waals surface area contributed by atoms with E-state index >= 15 is 0 Å². The van der Waals surface area contributed by atoms with E-state index in [9.17, 15) is 4.79 Å². The average Bonchev–Trinajstić information content (AvgIpc) is 3.23. The topological polar surface area (TPSA) is 62.5 Å². The van der Waals surface area contributed by atoms with Gasteiger partial charge in [0.25, 0.3) is 0 Å². The Labute approximate surface area is 171 Å². The van der Waals surface area contributed by atoms with Crippen molar-refractivity contribution in [2.24, 2.45) is 5.92 Å². The average molecular weight is 390 g/mol. The molecule has 0 spiro atoms. The van der Waals surface area contributed by atoms with E-state index in [4.69, 9.17) is 4.52 Å². The van der Waals surface area contributed by atoms with Gasteiger partial charge in [0.05, 0.1) is 6.54 Å². The van der Waals surface area contributed by atoms with E-state index in [-0.39, 0.29) is 11.8 Å². The number of benzene rings is 2. The number of hydrogen-bond donors (Lipinski definition) is 0. The Morgan fingerprint density at radius 2 is 1.72 bits per heavy atom. The van der Waals surface area contributed by atoms with Crippen LogP contribution in [-0.2, 0) is 17.9 Å². The number of aromatic nitrogens is 2. The van der Waals surface area contributed by atoms with Crippen molar-refractivity contribution < 1.29 is 9.32 Å². The van der Waals surface area contributed by atoms with Gasteiger partial charge in [-0.05, 0) is 31.5 Å². The highest BCUT2D eigenvalue weighted by atomic mass is 16.5. The molecule has 2 heterocycles. The van der Waals surface area contributed by atoms with E-state index in [0.29, 0.717) is 24.8 Å². The Bertz CT molecular complexity index is 918. The Hall–Kier alpha value is -2.99. The van der Waals surface area contributed by atoms with Crippen molar-refractivity contribution in [3.8, 4) is 11.4 Å². The van der Waals surface area contributed by atoms with Crippen molar-refractivity contribution in [1.82, 2.24) is 19.9 Å². The lowest BCUT2D eigenvalue weighted by molar-refractivity contribution is -0.136. The van der Waals surface area contributed by atoms with E-state index in [2.05, 4.69) is 27.2 Å². The van der Waals surface area contributed by atoms with Gasteiger partial charge in [-0.1, -0.05) is 65.8 Å². The third kappa shape index (κ3) is 4.90. The molecule has 1 aromatic heterocycles. The van der Waals surface area contributed by atoms with Gasteiger partial charge in [-0.3, -0.25) is 9.69 Å². The second-order valence-corrected chi connectivity index (χ2v) is 7.61. The van der Waals surface area contributed by atoms with Crippen molar-refractivity contribution in [2.45, 2.75) is 25.9 Å². The second-order valence-electron chi connectivity index (χ2n) is 7.61. The summed E-state index contributed by atoms with van der Waals surface area (Å²) >= 11 is 0. The Morgan fingerprint density at radius 1 is 1.07 bits per heavy atom. The van der Waals surface area contributed by atoms with Crippen LogP contribution in [0.3, 0.4) is 0 Å². The molecule has 1 saturated heterocycles. The minimum absolute atomic E-state index is 0.0857. The van der Waals surface area contributed by atoms with Crippen molar-refractivity contribution in [3.05, 3.63) is 72.1 Å². The molecule has 150 valence electrons. The first-order chi connectivity index (χ1) is 14.2. The lowest BCUT2D eigenvalue weighted by atomic mass is 9.95. The maximum absolute atomic E-state index is 12.8. The van der Waals surface area contributed by atoms with Crippen LogP contribution in [0, 0.1) is 5.92 Å². The number of amides is 1. The van der Waals surface area contributed by atoms with Crippen LogP contribution in [0.1, 0.15) is 24.3 Å². The first kappa shape index (κ1) is 19.3. The fraction of sp³-hybridized carbons (Fsp3) is 0.348. The van der Waals surface area contributed by atoms with E-state index in [0.717, 1.165) is 37.1 Å². The molecule has 0 bridgehead atoms.